The molecular weight excluding hydrogens is 260 g/mol. The van der Waals surface area contributed by atoms with Crippen molar-refractivity contribution in [3.8, 4) is 5.75 Å². The number of rotatable bonds is 5. The molecule has 0 atom stereocenters. The number of carbonyl (C=O) groups excluding carboxylic acids is 1. The second-order valence-electron chi connectivity index (χ2n) is 3.45. The number of hydrogen-bond donors (Lipinski definition) is 2. The Bertz CT molecular complexity index is 505. The van der Waals surface area contributed by atoms with Crippen LogP contribution in [0.3, 0.4) is 0 Å². The number of carbonyl (C=O) groups is 2. The monoisotopic (exact) mass is 271 g/mol. The molecule has 0 aliphatic heterocycles. The van der Waals surface area contributed by atoms with Crippen molar-refractivity contribution < 1.29 is 28.2 Å². The average molecular weight is 271 g/mol. The summed E-state index contributed by atoms with van der Waals surface area (Å²) < 4.78 is 31.7. The van der Waals surface area contributed by atoms with Crippen LogP contribution in [0.1, 0.15) is 5.56 Å². The van der Waals surface area contributed by atoms with Crippen LogP contribution < -0.4 is 10.1 Å². The molecule has 0 aromatic heterocycles. The van der Waals surface area contributed by atoms with Gasteiger partial charge in [-0.1, -0.05) is 0 Å². The molecule has 0 heterocycles. The van der Waals surface area contributed by atoms with Gasteiger partial charge in [0, 0.05) is 13.1 Å². The van der Waals surface area contributed by atoms with Crippen molar-refractivity contribution in [2.24, 2.45) is 0 Å². The third kappa shape index (κ3) is 4.38. The lowest BCUT2D eigenvalue weighted by atomic mass is 10.2. The molecule has 0 fully saturated rings. The zero-order valence-corrected chi connectivity index (χ0v) is 9.94. The third-order valence-electron chi connectivity index (χ3n) is 2.07. The molecule has 2 N–H and O–H groups in total. The highest BCUT2D eigenvalue weighted by Gasteiger charge is 2.13. The molecule has 1 rings (SSSR count). The maximum atomic E-state index is 13.5. The molecule has 1 aromatic carbocycles. The number of nitrogens with one attached hydrogen (secondary N) is 1. The Morgan fingerprint density at radius 3 is 2.42 bits per heavy atom. The van der Waals surface area contributed by atoms with Crippen LogP contribution in [0.5, 0.6) is 5.75 Å². The fourth-order valence-corrected chi connectivity index (χ4v) is 1.19. The van der Waals surface area contributed by atoms with Crippen molar-refractivity contribution in [1.29, 1.82) is 0 Å². The van der Waals surface area contributed by atoms with E-state index in [2.05, 4.69) is 5.32 Å². The first-order valence-corrected chi connectivity index (χ1v) is 5.17. The van der Waals surface area contributed by atoms with Gasteiger partial charge in [0.05, 0.1) is 0 Å². The van der Waals surface area contributed by atoms with Gasteiger partial charge in [-0.2, -0.15) is 0 Å². The first kappa shape index (κ1) is 14.6. The van der Waals surface area contributed by atoms with Gasteiger partial charge in [0.2, 0.25) is 0 Å². The molecule has 0 spiro atoms. The Balaban J connectivity index is 2.91. The summed E-state index contributed by atoms with van der Waals surface area (Å²) in [6, 6.07) is 1.81. The molecule has 102 valence electrons. The molecule has 0 unspecified atom stereocenters. The van der Waals surface area contributed by atoms with Gasteiger partial charge in [0.25, 0.3) is 5.91 Å². The standard InChI is InChI=1S/C12H11F2NO4/c1-15-10(16)6-19-12-8(13)4-7(5-9(12)14)2-3-11(17)18/h2-5H,6H2,1H3,(H,15,16)(H,17,18). The minimum atomic E-state index is -1.24. The number of carboxylic acids is 1. The van der Waals surface area contributed by atoms with Gasteiger partial charge < -0.3 is 15.2 Å². The summed E-state index contributed by atoms with van der Waals surface area (Å²) in [5.41, 5.74) is 0.0321. The predicted octanol–water partition coefficient (Wildman–Crippen LogP) is 1.19. The van der Waals surface area contributed by atoms with Crippen molar-refractivity contribution in [3.63, 3.8) is 0 Å². The number of benzene rings is 1. The predicted molar refractivity (Wildman–Crippen MR) is 62.6 cm³/mol. The van der Waals surface area contributed by atoms with Crippen LogP contribution in [0.2, 0.25) is 0 Å². The van der Waals surface area contributed by atoms with Gasteiger partial charge in [0.1, 0.15) is 0 Å². The number of aliphatic carboxylic acids is 1. The van der Waals surface area contributed by atoms with E-state index in [-0.39, 0.29) is 5.56 Å². The number of amides is 1. The second kappa shape index (κ2) is 6.48. The number of halogens is 2. The normalized spacial score (nSPS) is 10.5. The van der Waals surface area contributed by atoms with Crippen LogP contribution in [0, 0.1) is 11.6 Å². The second-order valence-corrected chi connectivity index (χ2v) is 3.45. The van der Waals surface area contributed by atoms with Crippen molar-refractivity contribution in [3.05, 3.63) is 35.4 Å². The van der Waals surface area contributed by atoms with Crippen molar-refractivity contribution in [2.75, 3.05) is 13.7 Å². The van der Waals surface area contributed by atoms with Crippen LogP contribution in [0.25, 0.3) is 6.08 Å². The molecule has 1 aromatic rings. The summed E-state index contributed by atoms with van der Waals surface area (Å²) in [6.07, 6.45) is 1.79. The van der Waals surface area contributed by atoms with Gasteiger partial charge in [-0.05, 0) is 23.8 Å². The fraction of sp³-hybridized carbons (Fsp3) is 0.167. The summed E-state index contributed by atoms with van der Waals surface area (Å²) in [6.45, 7) is -0.519. The van der Waals surface area contributed by atoms with E-state index >= 15 is 0 Å². The maximum absolute atomic E-state index is 13.5. The fourth-order valence-electron chi connectivity index (χ4n) is 1.19. The Kier molecular flexibility index (Phi) is 4.99. The zero-order valence-electron chi connectivity index (χ0n) is 9.94. The highest BCUT2D eigenvalue weighted by atomic mass is 19.1. The van der Waals surface area contributed by atoms with Crippen LogP contribution in [-0.4, -0.2) is 30.6 Å². The van der Waals surface area contributed by atoms with Gasteiger partial charge in [-0.3, -0.25) is 4.79 Å². The Labute approximate surface area is 107 Å². The van der Waals surface area contributed by atoms with E-state index in [4.69, 9.17) is 9.84 Å². The number of hydrogen-bond acceptors (Lipinski definition) is 3. The van der Waals surface area contributed by atoms with Gasteiger partial charge in [0.15, 0.2) is 24.0 Å². The molecule has 19 heavy (non-hydrogen) atoms. The lowest BCUT2D eigenvalue weighted by Crippen LogP contribution is -2.25. The largest absolute Gasteiger partial charge is 0.478 e. The number of ether oxygens (including phenoxy) is 1. The first-order valence-electron chi connectivity index (χ1n) is 5.17. The lowest BCUT2D eigenvalue weighted by Gasteiger charge is -2.08. The summed E-state index contributed by atoms with van der Waals surface area (Å²) >= 11 is 0. The highest BCUT2D eigenvalue weighted by molar-refractivity contribution is 5.85. The Morgan fingerprint density at radius 1 is 1.37 bits per heavy atom. The van der Waals surface area contributed by atoms with Gasteiger partial charge >= 0.3 is 5.97 Å². The van der Waals surface area contributed by atoms with E-state index in [1.165, 1.54) is 7.05 Å². The van der Waals surface area contributed by atoms with E-state index in [1.807, 2.05) is 0 Å². The summed E-state index contributed by atoms with van der Waals surface area (Å²) in [7, 11) is 1.36. The highest BCUT2D eigenvalue weighted by Crippen LogP contribution is 2.23. The van der Waals surface area contributed by atoms with E-state index in [0.29, 0.717) is 0 Å². The van der Waals surface area contributed by atoms with Crippen molar-refractivity contribution in [1.82, 2.24) is 5.32 Å². The molecule has 0 radical (unpaired) electrons. The quantitative estimate of drug-likeness (QED) is 0.789. The third-order valence-corrected chi connectivity index (χ3v) is 2.07. The Hall–Kier alpha value is -2.44. The van der Waals surface area contributed by atoms with E-state index in [1.54, 1.807) is 0 Å². The maximum Gasteiger partial charge on any atom is 0.328 e. The van der Waals surface area contributed by atoms with E-state index in [9.17, 15) is 18.4 Å². The Morgan fingerprint density at radius 2 is 1.95 bits per heavy atom. The summed E-state index contributed by atoms with van der Waals surface area (Å²) in [5, 5.41) is 10.6. The smallest absolute Gasteiger partial charge is 0.328 e. The van der Waals surface area contributed by atoms with Gasteiger partial charge in [-0.15, -0.1) is 0 Å². The molecule has 7 heteroatoms. The molecule has 0 aliphatic carbocycles. The molecule has 1 amide bonds. The van der Waals surface area contributed by atoms with Crippen LogP contribution in [-0.2, 0) is 9.59 Å². The molecular formula is C12H11F2NO4. The van der Waals surface area contributed by atoms with Crippen molar-refractivity contribution in [2.45, 2.75) is 0 Å². The molecule has 5 nitrogen and oxygen atoms in total. The minimum absolute atomic E-state index is 0.0321. The average Bonchev–Trinajstić information content (AvgIpc) is 2.34. The zero-order chi connectivity index (χ0) is 14.4. The topological polar surface area (TPSA) is 75.6 Å². The molecule has 0 bridgehead atoms. The summed E-state index contributed by atoms with van der Waals surface area (Å²) in [4.78, 5) is 21.2. The van der Waals surface area contributed by atoms with Crippen LogP contribution in [0.4, 0.5) is 8.78 Å². The van der Waals surface area contributed by atoms with Gasteiger partial charge in [-0.25, -0.2) is 13.6 Å². The molecule has 0 saturated heterocycles. The summed E-state index contributed by atoms with van der Waals surface area (Å²) in [5.74, 6) is -4.49. The SMILES string of the molecule is CNC(=O)COc1c(F)cc(C=CC(=O)O)cc1F. The van der Waals surface area contributed by atoms with Crippen LogP contribution >= 0.6 is 0 Å². The minimum Gasteiger partial charge on any atom is -0.478 e. The molecule has 0 saturated carbocycles. The van der Waals surface area contributed by atoms with Crippen LogP contribution in [0.15, 0.2) is 18.2 Å². The lowest BCUT2D eigenvalue weighted by molar-refractivity contribution is -0.131. The van der Waals surface area contributed by atoms with Crippen molar-refractivity contribution >= 4 is 18.0 Å². The molecule has 0 aliphatic rings. The first-order chi connectivity index (χ1) is 8.93. The van der Waals surface area contributed by atoms with E-state index < -0.39 is 35.9 Å². The number of likely N-dealkylation sites (N-methyl/N-ethyl adjacent to an activating group) is 1. The number of carboxylic acid groups (broad SMARTS) is 1. The van der Waals surface area contributed by atoms with E-state index in [0.717, 1.165) is 24.3 Å².